The zero-order chi connectivity index (χ0) is 20.7. The molecular formula is C21H31N3O3. The van der Waals surface area contributed by atoms with Crippen LogP contribution >= 0.6 is 0 Å². The highest BCUT2D eigenvalue weighted by Gasteiger charge is 2.08. The summed E-state index contributed by atoms with van der Waals surface area (Å²) in [7, 11) is 5.70. The Morgan fingerprint density at radius 3 is 2.07 bits per heavy atom. The van der Waals surface area contributed by atoms with Gasteiger partial charge in [-0.15, -0.1) is 0 Å². The number of anilines is 1. The lowest BCUT2D eigenvalue weighted by molar-refractivity contribution is -0.109. The fraction of sp³-hybridized carbons (Fsp3) is 0.333. The van der Waals surface area contributed by atoms with Crippen LogP contribution in [-0.4, -0.2) is 39.6 Å². The molecule has 0 aliphatic rings. The number of hydrogen-bond acceptors (Lipinski definition) is 4. The van der Waals surface area contributed by atoms with Crippen molar-refractivity contribution in [1.82, 2.24) is 5.32 Å². The fourth-order valence-corrected chi connectivity index (χ4v) is 2.06. The van der Waals surface area contributed by atoms with E-state index in [-0.39, 0.29) is 0 Å². The second-order valence-electron chi connectivity index (χ2n) is 5.53. The summed E-state index contributed by atoms with van der Waals surface area (Å²) >= 11 is 0. The molecule has 0 heterocycles. The van der Waals surface area contributed by atoms with E-state index in [0.29, 0.717) is 12.7 Å². The molecule has 6 nitrogen and oxygen atoms in total. The van der Waals surface area contributed by atoms with Gasteiger partial charge < -0.3 is 25.5 Å². The van der Waals surface area contributed by atoms with Gasteiger partial charge in [0.25, 0.3) is 0 Å². The fourth-order valence-electron chi connectivity index (χ4n) is 2.06. The van der Waals surface area contributed by atoms with Gasteiger partial charge in [-0.05, 0) is 36.2 Å². The van der Waals surface area contributed by atoms with Gasteiger partial charge in [0.15, 0.2) is 0 Å². The van der Waals surface area contributed by atoms with Crippen LogP contribution in [0.3, 0.4) is 0 Å². The number of benzene rings is 2. The Morgan fingerprint density at radius 1 is 1.11 bits per heavy atom. The van der Waals surface area contributed by atoms with Crippen molar-refractivity contribution < 1.29 is 14.3 Å². The van der Waals surface area contributed by atoms with Gasteiger partial charge in [-0.3, -0.25) is 0 Å². The molecule has 148 valence electrons. The summed E-state index contributed by atoms with van der Waals surface area (Å²) in [5, 5.41) is 2.35. The molecular weight excluding hydrogens is 342 g/mol. The zero-order valence-electron chi connectivity index (χ0n) is 16.8. The Hall–Kier alpha value is -3.02. The second kappa shape index (κ2) is 14.2. The molecule has 0 spiro atoms. The highest BCUT2D eigenvalue weighted by molar-refractivity contribution is 5.76. The van der Waals surface area contributed by atoms with Crippen molar-refractivity contribution in [2.75, 3.05) is 26.1 Å². The Balaban J connectivity index is 0.000000469. The minimum absolute atomic E-state index is 0.466. The average Bonchev–Trinajstić information content (AvgIpc) is 2.70. The van der Waals surface area contributed by atoms with E-state index in [1.807, 2.05) is 82.5 Å². The number of amides is 2. The van der Waals surface area contributed by atoms with E-state index in [9.17, 15) is 9.59 Å². The Kier molecular flexibility index (Phi) is 12.6. The van der Waals surface area contributed by atoms with Crippen molar-refractivity contribution in [2.24, 2.45) is 5.73 Å². The van der Waals surface area contributed by atoms with Crippen LogP contribution in [0.2, 0.25) is 0 Å². The molecule has 0 aliphatic heterocycles. The predicted octanol–water partition coefficient (Wildman–Crippen LogP) is 3.25. The quantitative estimate of drug-likeness (QED) is 0.761. The molecule has 0 bridgehead atoms. The molecule has 0 radical (unpaired) electrons. The van der Waals surface area contributed by atoms with E-state index in [0.717, 1.165) is 11.3 Å². The zero-order valence-corrected chi connectivity index (χ0v) is 16.8. The summed E-state index contributed by atoms with van der Waals surface area (Å²) in [6.07, 6.45) is 1.14. The minimum atomic E-state index is -0.682. The van der Waals surface area contributed by atoms with Gasteiger partial charge in [-0.1, -0.05) is 44.2 Å². The van der Waals surface area contributed by atoms with Crippen LogP contribution < -0.4 is 20.7 Å². The summed E-state index contributed by atoms with van der Waals surface area (Å²) in [4.78, 5) is 23.1. The van der Waals surface area contributed by atoms with Gasteiger partial charge in [-0.25, -0.2) is 4.79 Å². The van der Waals surface area contributed by atoms with Crippen LogP contribution in [0.15, 0.2) is 54.6 Å². The maximum Gasteiger partial charge on any atom is 0.312 e. The Labute approximate surface area is 162 Å². The average molecular weight is 373 g/mol. The number of primary amides is 1. The number of nitrogens with two attached hydrogens (primary N) is 1. The monoisotopic (exact) mass is 373 g/mol. The largest absolute Gasteiger partial charge is 0.497 e. The maximum atomic E-state index is 10.6. The molecule has 2 aromatic carbocycles. The van der Waals surface area contributed by atoms with Gasteiger partial charge in [-0.2, -0.15) is 0 Å². The number of urea groups is 1. The highest BCUT2D eigenvalue weighted by Crippen LogP contribution is 2.16. The molecule has 0 aromatic heterocycles. The topological polar surface area (TPSA) is 84.7 Å². The SMILES string of the molecule is CC.COc1ccc(N(C)C)cc1.NC(=O)NC(C=O)Cc1ccccc1. The van der Waals surface area contributed by atoms with Crippen molar-refractivity contribution in [1.29, 1.82) is 0 Å². The molecule has 27 heavy (non-hydrogen) atoms. The lowest BCUT2D eigenvalue weighted by Gasteiger charge is -2.11. The first-order valence-electron chi connectivity index (χ1n) is 8.82. The maximum absolute atomic E-state index is 10.6. The standard InChI is InChI=1S/C10H12N2O2.C9H13NO.C2H6/c11-10(14)12-9(7-13)6-8-4-2-1-3-5-8;1-10(2)8-4-6-9(11-3)7-5-8;1-2/h1-5,7,9H,6H2,(H3,11,12,14);4-7H,1-3H3;1-2H3. The first-order chi connectivity index (χ1) is 13.0. The van der Waals surface area contributed by atoms with Crippen molar-refractivity contribution >= 4 is 18.0 Å². The molecule has 3 N–H and O–H groups in total. The van der Waals surface area contributed by atoms with Crippen LogP contribution in [0.1, 0.15) is 19.4 Å². The number of ether oxygens (including phenoxy) is 1. The van der Waals surface area contributed by atoms with E-state index in [1.54, 1.807) is 7.11 Å². The molecule has 2 amide bonds. The number of hydrogen-bond donors (Lipinski definition) is 2. The molecule has 2 aromatic rings. The summed E-state index contributed by atoms with van der Waals surface area (Å²) < 4.78 is 5.03. The van der Waals surface area contributed by atoms with Crippen LogP contribution in [0.25, 0.3) is 0 Å². The molecule has 0 aliphatic carbocycles. The number of carbonyl (C=O) groups excluding carboxylic acids is 2. The minimum Gasteiger partial charge on any atom is -0.497 e. The summed E-state index contributed by atoms with van der Waals surface area (Å²) in [5.41, 5.74) is 7.08. The van der Waals surface area contributed by atoms with E-state index < -0.39 is 12.1 Å². The van der Waals surface area contributed by atoms with E-state index in [1.165, 1.54) is 5.69 Å². The van der Waals surface area contributed by atoms with E-state index >= 15 is 0 Å². The number of aldehydes is 1. The predicted molar refractivity (Wildman–Crippen MR) is 111 cm³/mol. The van der Waals surface area contributed by atoms with Crippen molar-refractivity contribution in [3.63, 3.8) is 0 Å². The normalized spacial score (nSPS) is 10.1. The highest BCUT2D eigenvalue weighted by atomic mass is 16.5. The number of nitrogens with zero attached hydrogens (tertiary/aromatic N) is 1. The molecule has 0 fully saturated rings. The Morgan fingerprint density at radius 2 is 1.67 bits per heavy atom. The smallest absolute Gasteiger partial charge is 0.312 e. The molecule has 2 rings (SSSR count). The third-order valence-corrected chi connectivity index (χ3v) is 3.38. The molecule has 1 atom stereocenters. The lowest BCUT2D eigenvalue weighted by atomic mass is 10.1. The summed E-state index contributed by atoms with van der Waals surface area (Å²) in [5.74, 6) is 0.899. The van der Waals surface area contributed by atoms with E-state index in [2.05, 4.69) is 10.2 Å². The molecule has 6 heteroatoms. The van der Waals surface area contributed by atoms with Crippen LogP contribution in [0, 0.1) is 0 Å². The first-order valence-corrected chi connectivity index (χ1v) is 8.82. The molecule has 1 unspecified atom stereocenters. The summed E-state index contributed by atoms with van der Waals surface area (Å²) in [6.45, 7) is 4.00. The number of rotatable bonds is 6. The number of carbonyl (C=O) groups is 2. The molecule has 0 saturated carbocycles. The van der Waals surface area contributed by atoms with Crippen LogP contribution in [0.4, 0.5) is 10.5 Å². The van der Waals surface area contributed by atoms with Gasteiger partial charge in [0.2, 0.25) is 0 Å². The van der Waals surface area contributed by atoms with Crippen LogP contribution in [0.5, 0.6) is 5.75 Å². The van der Waals surface area contributed by atoms with Gasteiger partial charge >= 0.3 is 6.03 Å². The van der Waals surface area contributed by atoms with Gasteiger partial charge in [0.05, 0.1) is 13.2 Å². The number of nitrogens with one attached hydrogen (secondary N) is 1. The third kappa shape index (κ3) is 10.5. The third-order valence-electron chi connectivity index (χ3n) is 3.38. The summed E-state index contributed by atoms with van der Waals surface area (Å²) in [6, 6.07) is 16.2. The Bertz CT molecular complexity index is 643. The van der Waals surface area contributed by atoms with Crippen molar-refractivity contribution in [3.05, 3.63) is 60.2 Å². The lowest BCUT2D eigenvalue weighted by Crippen LogP contribution is -2.40. The van der Waals surface area contributed by atoms with Gasteiger partial charge in [0, 0.05) is 19.8 Å². The second-order valence-corrected chi connectivity index (χ2v) is 5.53. The molecule has 0 saturated heterocycles. The number of methoxy groups -OCH3 is 1. The van der Waals surface area contributed by atoms with Crippen molar-refractivity contribution in [2.45, 2.75) is 26.3 Å². The first kappa shape index (κ1) is 24.0. The van der Waals surface area contributed by atoms with Crippen LogP contribution in [-0.2, 0) is 11.2 Å². The van der Waals surface area contributed by atoms with E-state index in [4.69, 9.17) is 10.5 Å². The van der Waals surface area contributed by atoms with Gasteiger partial charge in [0.1, 0.15) is 12.0 Å². The van der Waals surface area contributed by atoms with Crippen molar-refractivity contribution in [3.8, 4) is 5.75 Å².